The van der Waals surface area contributed by atoms with Crippen LogP contribution >= 0.6 is 0 Å². The summed E-state index contributed by atoms with van der Waals surface area (Å²) < 4.78 is 20.2. The summed E-state index contributed by atoms with van der Waals surface area (Å²) in [6, 6.07) is 15.4. The van der Waals surface area contributed by atoms with E-state index in [4.69, 9.17) is 4.74 Å². The molecular weight excluding hydrogens is 283 g/mol. The first-order valence-corrected chi connectivity index (χ1v) is 6.60. The average Bonchev–Trinajstić information content (AvgIpc) is 2.99. The Morgan fingerprint density at radius 3 is 1.95 bits per heavy atom. The standard InChI is InChI=1S/C16H13FN2O.H4N2/c1-12-10-11-19(18-12)14-4-8-16(9-5-14)20-15-6-2-13(17)3-7-15;1-2/h2-11H,1H3;1-2H2. The van der Waals surface area contributed by atoms with E-state index in [2.05, 4.69) is 16.8 Å². The van der Waals surface area contributed by atoms with E-state index in [0.717, 1.165) is 11.4 Å². The second-order valence-electron chi connectivity index (χ2n) is 4.45. The van der Waals surface area contributed by atoms with Gasteiger partial charge in [0.1, 0.15) is 17.3 Å². The molecule has 0 amide bonds. The lowest BCUT2D eigenvalue weighted by Crippen LogP contribution is -2.02. The lowest BCUT2D eigenvalue weighted by atomic mass is 10.3. The van der Waals surface area contributed by atoms with Crippen LogP contribution in [-0.2, 0) is 0 Å². The van der Waals surface area contributed by atoms with Gasteiger partial charge in [0.15, 0.2) is 0 Å². The lowest BCUT2D eigenvalue weighted by Gasteiger charge is -2.07. The molecule has 22 heavy (non-hydrogen) atoms. The van der Waals surface area contributed by atoms with Gasteiger partial charge in [0, 0.05) is 6.20 Å². The van der Waals surface area contributed by atoms with E-state index >= 15 is 0 Å². The third-order valence-corrected chi connectivity index (χ3v) is 2.87. The third kappa shape index (κ3) is 3.91. The minimum atomic E-state index is -0.276. The van der Waals surface area contributed by atoms with Crippen LogP contribution in [0.4, 0.5) is 4.39 Å². The third-order valence-electron chi connectivity index (χ3n) is 2.87. The number of benzene rings is 2. The van der Waals surface area contributed by atoms with Crippen molar-refractivity contribution in [2.24, 2.45) is 11.7 Å². The molecule has 6 heteroatoms. The van der Waals surface area contributed by atoms with Crippen molar-refractivity contribution in [3.63, 3.8) is 0 Å². The number of hydrogen-bond acceptors (Lipinski definition) is 4. The maximum atomic E-state index is 12.8. The molecule has 0 saturated carbocycles. The Hall–Kier alpha value is -2.70. The van der Waals surface area contributed by atoms with E-state index in [9.17, 15) is 4.39 Å². The molecule has 1 heterocycles. The van der Waals surface area contributed by atoms with Crippen molar-refractivity contribution in [3.8, 4) is 17.2 Å². The quantitative estimate of drug-likeness (QED) is 0.576. The number of nitrogens with zero attached hydrogens (tertiary/aromatic N) is 2. The summed E-state index contributed by atoms with van der Waals surface area (Å²) in [6.07, 6.45) is 1.91. The number of aromatic nitrogens is 2. The zero-order valence-corrected chi connectivity index (χ0v) is 12.1. The second-order valence-corrected chi connectivity index (χ2v) is 4.45. The molecule has 2 aromatic carbocycles. The summed E-state index contributed by atoms with van der Waals surface area (Å²) in [7, 11) is 0. The van der Waals surface area contributed by atoms with Crippen molar-refractivity contribution in [3.05, 3.63) is 72.3 Å². The summed E-state index contributed by atoms with van der Waals surface area (Å²) in [5.74, 6) is 9.03. The van der Waals surface area contributed by atoms with E-state index < -0.39 is 0 Å². The number of aryl methyl sites for hydroxylation is 1. The topological polar surface area (TPSA) is 79.1 Å². The van der Waals surface area contributed by atoms with Crippen LogP contribution in [0.25, 0.3) is 5.69 Å². The van der Waals surface area contributed by atoms with Crippen LogP contribution in [0.1, 0.15) is 5.69 Å². The number of hydrogen-bond donors (Lipinski definition) is 2. The molecule has 4 N–H and O–H groups in total. The van der Waals surface area contributed by atoms with E-state index in [1.807, 2.05) is 43.5 Å². The zero-order chi connectivity index (χ0) is 15.9. The Morgan fingerprint density at radius 1 is 0.909 bits per heavy atom. The van der Waals surface area contributed by atoms with Crippen molar-refractivity contribution in [1.29, 1.82) is 0 Å². The number of ether oxygens (including phenoxy) is 1. The van der Waals surface area contributed by atoms with Crippen molar-refractivity contribution < 1.29 is 9.13 Å². The molecule has 0 fully saturated rings. The van der Waals surface area contributed by atoms with Crippen LogP contribution in [0.3, 0.4) is 0 Å². The van der Waals surface area contributed by atoms with Crippen LogP contribution in [0.5, 0.6) is 11.5 Å². The second kappa shape index (κ2) is 7.35. The molecule has 0 bridgehead atoms. The molecule has 3 rings (SSSR count). The van der Waals surface area contributed by atoms with Gasteiger partial charge in [-0.15, -0.1) is 0 Å². The molecule has 0 atom stereocenters. The van der Waals surface area contributed by atoms with Crippen LogP contribution in [0.15, 0.2) is 60.8 Å². The van der Waals surface area contributed by atoms with E-state index in [1.54, 1.807) is 16.8 Å². The minimum Gasteiger partial charge on any atom is -0.457 e. The molecule has 0 saturated heterocycles. The fourth-order valence-electron chi connectivity index (χ4n) is 1.86. The molecule has 114 valence electrons. The molecule has 0 aliphatic heterocycles. The van der Waals surface area contributed by atoms with Crippen LogP contribution in [-0.4, -0.2) is 9.78 Å². The maximum absolute atomic E-state index is 12.8. The highest BCUT2D eigenvalue weighted by molar-refractivity contribution is 5.39. The highest BCUT2D eigenvalue weighted by Gasteiger charge is 2.01. The highest BCUT2D eigenvalue weighted by atomic mass is 19.1. The summed E-state index contributed by atoms with van der Waals surface area (Å²) in [5, 5.41) is 4.34. The maximum Gasteiger partial charge on any atom is 0.127 e. The Labute approximate surface area is 127 Å². The van der Waals surface area contributed by atoms with Crippen LogP contribution < -0.4 is 16.4 Å². The van der Waals surface area contributed by atoms with Crippen molar-refractivity contribution in [2.45, 2.75) is 6.92 Å². The van der Waals surface area contributed by atoms with Gasteiger partial charge in [-0.1, -0.05) is 0 Å². The fourth-order valence-corrected chi connectivity index (χ4v) is 1.86. The van der Waals surface area contributed by atoms with Crippen LogP contribution in [0, 0.1) is 12.7 Å². The van der Waals surface area contributed by atoms with Crippen molar-refractivity contribution in [1.82, 2.24) is 9.78 Å². The van der Waals surface area contributed by atoms with E-state index in [-0.39, 0.29) is 5.82 Å². The minimum absolute atomic E-state index is 0.276. The van der Waals surface area contributed by atoms with Crippen molar-refractivity contribution in [2.75, 3.05) is 0 Å². The number of halogens is 1. The average molecular weight is 300 g/mol. The molecule has 0 unspecified atom stereocenters. The molecule has 0 spiro atoms. The SMILES string of the molecule is Cc1ccn(-c2ccc(Oc3ccc(F)cc3)cc2)n1.NN. The van der Waals surface area contributed by atoms with Gasteiger partial charge in [-0.25, -0.2) is 9.07 Å². The monoisotopic (exact) mass is 300 g/mol. The lowest BCUT2D eigenvalue weighted by molar-refractivity contribution is 0.480. The van der Waals surface area contributed by atoms with Gasteiger partial charge >= 0.3 is 0 Å². The Kier molecular flexibility index (Phi) is 5.24. The Balaban J connectivity index is 0.000000847. The summed E-state index contributed by atoms with van der Waals surface area (Å²) in [5.41, 5.74) is 1.93. The first-order valence-electron chi connectivity index (χ1n) is 6.60. The van der Waals surface area contributed by atoms with Gasteiger partial charge in [-0.3, -0.25) is 11.7 Å². The molecule has 0 aliphatic carbocycles. The highest BCUT2D eigenvalue weighted by Crippen LogP contribution is 2.22. The Bertz CT molecular complexity index is 708. The zero-order valence-electron chi connectivity index (χ0n) is 12.1. The largest absolute Gasteiger partial charge is 0.457 e. The van der Waals surface area contributed by atoms with Crippen molar-refractivity contribution >= 4 is 0 Å². The summed E-state index contributed by atoms with van der Waals surface area (Å²) in [4.78, 5) is 0. The normalized spacial score (nSPS) is 9.82. The van der Waals surface area contributed by atoms with E-state index in [1.165, 1.54) is 12.1 Å². The summed E-state index contributed by atoms with van der Waals surface area (Å²) >= 11 is 0. The number of nitrogens with two attached hydrogens (primary N) is 2. The molecule has 5 nitrogen and oxygen atoms in total. The predicted molar refractivity (Wildman–Crippen MR) is 83.1 cm³/mol. The van der Waals surface area contributed by atoms with Gasteiger partial charge < -0.3 is 4.74 Å². The van der Waals surface area contributed by atoms with Crippen LogP contribution in [0.2, 0.25) is 0 Å². The Morgan fingerprint density at radius 2 is 1.45 bits per heavy atom. The van der Waals surface area contributed by atoms with Gasteiger partial charge in [0.2, 0.25) is 0 Å². The molecule has 3 aromatic rings. The molecule has 0 radical (unpaired) electrons. The molecule has 1 aromatic heterocycles. The predicted octanol–water partition coefficient (Wildman–Crippen LogP) is 2.93. The first kappa shape index (κ1) is 15.7. The first-order chi connectivity index (χ1) is 10.7. The van der Waals surface area contributed by atoms with Gasteiger partial charge in [-0.05, 0) is 61.5 Å². The summed E-state index contributed by atoms with van der Waals surface area (Å²) in [6.45, 7) is 1.95. The molecule has 0 aliphatic rings. The number of rotatable bonds is 3. The fraction of sp³-hybridized carbons (Fsp3) is 0.0625. The molecular formula is C16H17FN4O. The van der Waals surface area contributed by atoms with E-state index in [0.29, 0.717) is 11.5 Å². The smallest absolute Gasteiger partial charge is 0.127 e. The van der Waals surface area contributed by atoms with Gasteiger partial charge in [-0.2, -0.15) is 5.10 Å². The number of hydrazine groups is 1. The van der Waals surface area contributed by atoms with Gasteiger partial charge in [0.25, 0.3) is 0 Å². The van der Waals surface area contributed by atoms with Gasteiger partial charge in [0.05, 0.1) is 11.4 Å².